The molecule has 5 aromatic rings. The summed E-state index contributed by atoms with van der Waals surface area (Å²) in [4.78, 5) is 28.2. The molecule has 192 valence electrons. The largest absolute Gasteiger partial charge is 0.347 e. The third-order valence-electron chi connectivity index (χ3n) is 6.42. The van der Waals surface area contributed by atoms with Crippen molar-refractivity contribution in [3.63, 3.8) is 0 Å². The van der Waals surface area contributed by atoms with E-state index in [9.17, 15) is 22.4 Å². The van der Waals surface area contributed by atoms with E-state index in [1.165, 1.54) is 30.6 Å². The lowest BCUT2D eigenvalue weighted by molar-refractivity contribution is -0.0883. The van der Waals surface area contributed by atoms with Crippen LogP contribution in [-0.4, -0.2) is 41.5 Å². The van der Waals surface area contributed by atoms with Gasteiger partial charge in [-0.1, -0.05) is 0 Å². The van der Waals surface area contributed by atoms with Crippen LogP contribution in [-0.2, 0) is 6.54 Å². The van der Waals surface area contributed by atoms with Crippen LogP contribution >= 0.6 is 0 Å². The molecule has 2 aromatic carbocycles. The number of alkyl halides is 2. The van der Waals surface area contributed by atoms with E-state index >= 15 is 0 Å². The minimum Gasteiger partial charge on any atom is -0.347 e. The first-order valence-electron chi connectivity index (χ1n) is 11.7. The first-order chi connectivity index (χ1) is 18.2. The van der Waals surface area contributed by atoms with Gasteiger partial charge in [0.05, 0.1) is 11.9 Å². The smallest absolute Gasteiger partial charge is 0.272 e. The lowest BCUT2D eigenvalue weighted by atomic mass is 9.81. The number of nitrogens with zero attached hydrogens (tertiary/aromatic N) is 5. The highest BCUT2D eigenvalue weighted by molar-refractivity contribution is 6.02. The molecule has 0 spiro atoms. The molecule has 0 radical (unpaired) electrons. The van der Waals surface area contributed by atoms with Crippen LogP contribution in [0.3, 0.4) is 0 Å². The molecule has 0 unspecified atom stereocenters. The maximum absolute atomic E-state index is 14.4. The van der Waals surface area contributed by atoms with Crippen molar-refractivity contribution in [3.8, 4) is 16.8 Å². The molecular weight excluding hydrogens is 502 g/mol. The molecule has 1 saturated carbocycles. The zero-order valence-electron chi connectivity index (χ0n) is 19.6. The number of hydrogen-bond acceptors (Lipinski definition) is 5. The van der Waals surface area contributed by atoms with Gasteiger partial charge in [0.25, 0.3) is 5.91 Å². The molecular formula is C26H19F4N7O. The van der Waals surface area contributed by atoms with Crippen molar-refractivity contribution < 1.29 is 22.4 Å². The van der Waals surface area contributed by atoms with Crippen LogP contribution in [0.15, 0.2) is 61.2 Å². The normalized spacial score (nSPS) is 14.9. The number of carbonyl (C=O) groups excluding carboxylic acids is 1. The molecule has 6 rings (SSSR count). The number of aromatic nitrogens is 6. The highest BCUT2D eigenvalue weighted by Gasteiger charge is 2.47. The van der Waals surface area contributed by atoms with Crippen LogP contribution < -0.4 is 5.32 Å². The number of amides is 1. The van der Waals surface area contributed by atoms with E-state index in [1.54, 1.807) is 35.3 Å². The maximum atomic E-state index is 14.4. The molecule has 3 aromatic heterocycles. The number of aromatic amines is 1. The van der Waals surface area contributed by atoms with Gasteiger partial charge in [-0.25, -0.2) is 37.2 Å². The van der Waals surface area contributed by atoms with E-state index in [0.717, 1.165) is 0 Å². The number of rotatable bonds is 6. The minimum atomic E-state index is -2.71. The molecule has 1 fully saturated rings. The van der Waals surface area contributed by atoms with Gasteiger partial charge < -0.3 is 10.3 Å². The number of halogens is 4. The second-order valence-corrected chi connectivity index (χ2v) is 9.18. The number of fused-ring (bicyclic) bond motifs is 1. The third kappa shape index (κ3) is 4.60. The number of hydrogen-bond donors (Lipinski definition) is 2. The summed E-state index contributed by atoms with van der Waals surface area (Å²) < 4.78 is 55.8. The van der Waals surface area contributed by atoms with Crippen LogP contribution in [0.2, 0.25) is 0 Å². The first-order valence-corrected chi connectivity index (χ1v) is 11.7. The third-order valence-corrected chi connectivity index (χ3v) is 6.42. The lowest BCUT2D eigenvalue weighted by Gasteiger charge is -2.33. The predicted octanol–water partition coefficient (Wildman–Crippen LogP) is 4.93. The van der Waals surface area contributed by atoms with Crippen molar-refractivity contribution in [1.82, 2.24) is 35.0 Å². The maximum Gasteiger partial charge on any atom is 0.272 e. The number of benzene rings is 2. The van der Waals surface area contributed by atoms with Gasteiger partial charge in [-0.2, -0.15) is 5.10 Å². The molecule has 3 heterocycles. The van der Waals surface area contributed by atoms with Gasteiger partial charge in [-0.05, 0) is 53.6 Å². The standard InChI is InChI=1S/C26H19F4N7O/c27-18-1-3-20(4-2-18)37-12-17(11-34-37)15-5-14(6-19(28)7-15)10-31-25(38)22-21-24(33-13-32-22)36-23(35-21)16-8-26(29,30)9-16/h1-7,11-13,16H,8-10H2,(H,31,38)(H,32,33,35,36). The summed E-state index contributed by atoms with van der Waals surface area (Å²) in [6.07, 6.45) is 3.80. The summed E-state index contributed by atoms with van der Waals surface area (Å²) in [5.74, 6) is -4.22. The number of carbonyl (C=O) groups is 1. The minimum absolute atomic E-state index is 0.00295. The number of nitrogens with one attached hydrogen (secondary N) is 2. The van der Waals surface area contributed by atoms with Gasteiger partial charge in [-0.3, -0.25) is 4.79 Å². The average Bonchev–Trinajstić information content (AvgIpc) is 3.53. The van der Waals surface area contributed by atoms with Gasteiger partial charge in [0, 0.05) is 37.1 Å². The summed E-state index contributed by atoms with van der Waals surface area (Å²) in [6.45, 7) is -0.00295. The van der Waals surface area contributed by atoms with Crippen LogP contribution in [0.5, 0.6) is 0 Å². The van der Waals surface area contributed by atoms with E-state index in [4.69, 9.17) is 0 Å². The van der Waals surface area contributed by atoms with Crippen LogP contribution in [0, 0.1) is 11.6 Å². The molecule has 1 amide bonds. The van der Waals surface area contributed by atoms with Gasteiger partial charge in [0.1, 0.15) is 29.3 Å². The van der Waals surface area contributed by atoms with Crippen LogP contribution in [0.1, 0.15) is 40.6 Å². The Morgan fingerprint density at radius 2 is 1.84 bits per heavy atom. The fourth-order valence-corrected chi connectivity index (χ4v) is 4.46. The van der Waals surface area contributed by atoms with Crippen LogP contribution in [0.25, 0.3) is 28.0 Å². The summed E-state index contributed by atoms with van der Waals surface area (Å²) in [5, 5.41) is 6.97. The average molecular weight is 521 g/mol. The Balaban J connectivity index is 1.19. The molecule has 8 nitrogen and oxygen atoms in total. The predicted molar refractivity (Wildman–Crippen MR) is 129 cm³/mol. The van der Waals surface area contributed by atoms with Gasteiger partial charge in [0.2, 0.25) is 5.92 Å². The summed E-state index contributed by atoms with van der Waals surface area (Å²) >= 11 is 0. The van der Waals surface area contributed by atoms with Crippen molar-refractivity contribution in [1.29, 1.82) is 0 Å². The van der Waals surface area contributed by atoms with Crippen molar-refractivity contribution >= 4 is 17.1 Å². The van der Waals surface area contributed by atoms with Crippen molar-refractivity contribution in [2.45, 2.75) is 31.2 Å². The van der Waals surface area contributed by atoms with Crippen molar-refractivity contribution in [2.24, 2.45) is 0 Å². The first kappa shape index (κ1) is 23.8. The Morgan fingerprint density at radius 1 is 1.05 bits per heavy atom. The second kappa shape index (κ2) is 9.05. The van der Waals surface area contributed by atoms with Gasteiger partial charge in [-0.15, -0.1) is 0 Å². The van der Waals surface area contributed by atoms with Gasteiger partial charge >= 0.3 is 0 Å². The zero-order valence-corrected chi connectivity index (χ0v) is 19.6. The van der Waals surface area contributed by atoms with E-state index in [-0.39, 0.29) is 42.1 Å². The van der Waals surface area contributed by atoms with E-state index in [0.29, 0.717) is 28.2 Å². The fraction of sp³-hybridized carbons (Fsp3) is 0.192. The Labute approximate surface area is 212 Å². The Kier molecular flexibility index (Phi) is 5.66. The molecule has 0 aliphatic heterocycles. The van der Waals surface area contributed by atoms with E-state index < -0.39 is 23.6 Å². The molecule has 2 N–H and O–H groups in total. The highest BCUT2D eigenvalue weighted by atomic mass is 19.3. The second-order valence-electron chi connectivity index (χ2n) is 9.18. The van der Waals surface area contributed by atoms with E-state index in [2.05, 4.69) is 30.4 Å². The highest BCUT2D eigenvalue weighted by Crippen LogP contribution is 2.47. The Morgan fingerprint density at radius 3 is 2.61 bits per heavy atom. The zero-order chi connectivity index (χ0) is 26.4. The number of H-pyrrole nitrogens is 1. The summed E-state index contributed by atoms with van der Waals surface area (Å²) in [6, 6.07) is 10.2. The molecule has 0 saturated heterocycles. The van der Waals surface area contributed by atoms with Crippen molar-refractivity contribution in [3.05, 3.63) is 89.9 Å². The van der Waals surface area contributed by atoms with Gasteiger partial charge in [0.15, 0.2) is 11.3 Å². The fourth-order valence-electron chi connectivity index (χ4n) is 4.46. The molecule has 12 heteroatoms. The molecule has 1 aliphatic carbocycles. The van der Waals surface area contributed by atoms with E-state index in [1.807, 2.05) is 0 Å². The Hall–Kier alpha value is -4.61. The molecule has 1 aliphatic rings. The quantitative estimate of drug-likeness (QED) is 0.309. The molecule has 0 bridgehead atoms. The number of imidazole rings is 1. The molecule has 38 heavy (non-hydrogen) atoms. The summed E-state index contributed by atoms with van der Waals surface area (Å²) in [7, 11) is 0. The van der Waals surface area contributed by atoms with Crippen molar-refractivity contribution in [2.75, 3.05) is 0 Å². The topological polar surface area (TPSA) is 101 Å². The monoisotopic (exact) mass is 521 g/mol. The Bertz CT molecular complexity index is 1650. The molecule has 0 atom stereocenters. The lowest BCUT2D eigenvalue weighted by Crippen LogP contribution is -2.34. The SMILES string of the molecule is O=C(NCc1cc(F)cc(-c2cnn(-c3ccc(F)cc3)c2)c1)c1ncnc2nc(C3CC(F)(F)C3)[nH]c12. The summed E-state index contributed by atoms with van der Waals surface area (Å²) in [5.41, 5.74) is 2.79. The van der Waals surface area contributed by atoms with Crippen LogP contribution in [0.4, 0.5) is 17.6 Å².